The number of amides is 2. The molecule has 1 fully saturated rings. The van der Waals surface area contributed by atoms with Crippen molar-refractivity contribution in [1.82, 2.24) is 10.6 Å². The first-order valence-corrected chi connectivity index (χ1v) is 7.99. The Balaban J connectivity index is 1.90. The second-order valence-electron chi connectivity index (χ2n) is 5.65. The largest absolute Gasteiger partial charge is 0.384 e. The maximum atomic E-state index is 12.1. The Bertz CT molecular complexity index is 494. The highest BCUT2D eigenvalue weighted by Crippen LogP contribution is 2.28. The van der Waals surface area contributed by atoms with E-state index in [1.807, 2.05) is 0 Å². The summed E-state index contributed by atoms with van der Waals surface area (Å²) in [5.41, 5.74) is 0.560. The van der Waals surface area contributed by atoms with Crippen molar-refractivity contribution >= 4 is 34.9 Å². The van der Waals surface area contributed by atoms with E-state index in [0.717, 1.165) is 25.9 Å². The van der Waals surface area contributed by atoms with E-state index in [9.17, 15) is 4.79 Å². The van der Waals surface area contributed by atoms with Crippen LogP contribution in [0.25, 0.3) is 0 Å². The minimum Gasteiger partial charge on any atom is -0.384 e. The van der Waals surface area contributed by atoms with Crippen LogP contribution in [0.4, 0.5) is 10.5 Å². The molecule has 0 radical (unpaired) electrons. The fourth-order valence-corrected chi connectivity index (χ4v) is 3.23. The molecule has 7 heteroatoms. The summed E-state index contributed by atoms with van der Waals surface area (Å²) in [4.78, 5) is 12.1. The minimum atomic E-state index is -0.271. The number of carbonyl (C=O) groups excluding carboxylic acids is 1. The molecule has 0 saturated carbocycles. The topological polar surface area (TPSA) is 62.4 Å². The molecule has 1 aliphatic rings. The van der Waals surface area contributed by atoms with E-state index in [-0.39, 0.29) is 11.4 Å². The maximum absolute atomic E-state index is 12.1. The lowest BCUT2D eigenvalue weighted by Gasteiger charge is -2.37. The molecule has 2 rings (SSSR count). The molecule has 3 N–H and O–H groups in total. The molecule has 0 spiro atoms. The standard InChI is InChI=1S/C15H21Cl2N3O2/c1-22-10-15(2-4-18-5-3-15)9-19-14(21)20-13-7-11(16)6-12(17)8-13/h6-8,18H,2-5,9-10H2,1H3,(H2,19,20,21). The molecule has 5 nitrogen and oxygen atoms in total. The Labute approximate surface area is 140 Å². The zero-order chi connectivity index (χ0) is 16.0. The van der Waals surface area contributed by atoms with Gasteiger partial charge in [0.2, 0.25) is 0 Å². The van der Waals surface area contributed by atoms with Gasteiger partial charge in [-0.2, -0.15) is 0 Å². The number of methoxy groups -OCH3 is 1. The first kappa shape index (κ1) is 17.3. The number of rotatable bonds is 5. The van der Waals surface area contributed by atoms with Crippen LogP contribution in [0.1, 0.15) is 12.8 Å². The van der Waals surface area contributed by atoms with Crippen LogP contribution in [0.3, 0.4) is 0 Å². The third-order valence-electron chi connectivity index (χ3n) is 3.86. The molecule has 1 aromatic rings. The zero-order valence-corrected chi connectivity index (χ0v) is 14.1. The fourth-order valence-electron chi connectivity index (χ4n) is 2.70. The van der Waals surface area contributed by atoms with Gasteiger partial charge in [-0.25, -0.2) is 4.79 Å². The third kappa shape index (κ3) is 5.02. The normalized spacial score (nSPS) is 17.0. The van der Waals surface area contributed by atoms with Crippen LogP contribution in [0, 0.1) is 5.41 Å². The summed E-state index contributed by atoms with van der Waals surface area (Å²) in [5.74, 6) is 0. The van der Waals surface area contributed by atoms with Crippen LogP contribution in [0.5, 0.6) is 0 Å². The third-order valence-corrected chi connectivity index (χ3v) is 4.30. The van der Waals surface area contributed by atoms with Crippen molar-refractivity contribution in [2.75, 3.05) is 38.7 Å². The molecular weight excluding hydrogens is 325 g/mol. The van der Waals surface area contributed by atoms with Gasteiger partial charge in [0, 0.05) is 34.8 Å². The van der Waals surface area contributed by atoms with Gasteiger partial charge in [0.05, 0.1) is 6.61 Å². The second kappa shape index (κ2) is 8.02. The Morgan fingerprint density at radius 1 is 1.27 bits per heavy atom. The summed E-state index contributed by atoms with van der Waals surface area (Å²) in [6.07, 6.45) is 1.95. The van der Waals surface area contributed by atoms with Gasteiger partial charge in [0.1, 0.15) is 0 Å². The fraction of sp³-hybridized carbons (Fsp3) is 0.533. The van der Waals surface area contributed by atoms with E-state index in [1.165, 1.54) is 0 Å². The first-order chi connectivity index (χ1) is 10.5. The summed E-state index contributed by atoms with van der Waals surface area (Å²) in [7, 11) is 1.69. The van der Waals surface area contributed by atoms with Crippen LogP contribution >= 0.6 is 23.2 Å². The van der Waals surface area contributed by atoms with Gasteiger partial charge >= 0.3 is 6.03 Å². The highest BCUT2D eigenvalue weighted by atomic mass is 35.5. The van der Waals surface area contributed by atoms with Crippen molar-refractivity contribution in [3.05, 3.63) is 28.2 Å². The molecule has 1 saturated heterocycles. The molecule has 0 unspecified atom stereocenters. The Hall–Kier alpha value is -1.01. The van der Waals surface area contributed by atoms with E-state index in [2.05, 4.69) is 16.0 Å². The van der Waals surface area contributed by atoms with Crippen LogP contribution in [-0.2, 0) is 4.74 Å². The number of benzene rings is 1. The number of halogens is 2. The van der Waals surface area contributed by atoms with Gasteiger partial charge in [-0.15, -0.1) is 0 Å². The van der Waals surface area contributed by atoms with E-state index in [0.29, 0.717) is 28.9 Å². The Kier molecular flexibility index (Phi) is 6.32. The maximum Gasteiger partial charge on any atom is 0.319 e. The average Bonchev–Trinajstić information content (AvgIpc) is 2.45. The number of hydrogen-bond donors (Lipinski definition) is 3. The van der Waals surface area contributed by atoms with Crippen molar-refractivity contribution in [3.8, 4) is 0 Å². The monoisotopic (exact) mass is 345 g/mol. The lowest BCUT2D eigenvalue weighted by molar-refractivity contribution is 0.0558. The lowest BCUT2D eigenvalue weighted by Crippen LogP contribution is -2.47. The molecule has 0 aliphatic carbocycles. The lowest BCUT2D eigenvalue weighted by atomic mass is 9.79. The molecule has 0 bridgehead atoms. The number of ether oxygens (including phenoxy) is 1. The van der Waals surface area contributed by atoms with Crippen LogP contribution < -0.4 is 16.0 Å². The highest BCUT2D eigenvalue weighted by Gasteiger charge is 2.32. The van der Waals surface area contributed by atoms with Crippen LogP contribution in [0.2, 0.25) is 10.0 Å². The molecule has 2 amide bonds. The summed E-state index contributed by atoms with van der Waals surface area (Å²) >= 11 is 11.8. The number of anilines is 1. The first-order valence-electron chi connectivity index (χ1n) is 7.24. The molecule has 22 heavy (non-hydrogen) atoms. The van der Waals surface area contributed by atoms with E-state index < -0.39 is 0 Å². The highest BCUT2D eigenvalue weighted by molar-refractivity contribution is 6.35. The van der Waals surface area contributed by atoms with Crippen molar-refractivity contribution in [1.29, 1.82) is 0 Å². The number of nitrogens with one attached hydrogen (secondary N) is 3. The van der Waals surface area contributed by atoms with Gasteiger partial charge in [0.15, 0.2) is 0 Å². The molecule has 1 aliphatic heterocycles. The summed E-state index contributed by atoms with van der Waals surface area (Å²) in [6.45, 7) is 3.09. The Morgan fingerprint density at radius 3 is 2.50 bits per heavy atom. The van der Waals surface area contributed by atoms with Crippen molar-refractivity contribution in [3.63, 3.8) is 0 Å². The van der Waals surface area contributed by atoms with Gasteiger partial charge in [-0.05, 0) is 44.1 Å². The molecule has 0 aromatic heterocycles. The molecule has 122 valence electrons. The summed E-state index contributed by atoms with van der Waals surface area (Å²) < 4.78 is 5.33. The number of piperidine rings is 1. The molecular formula is C15H21Cl2N3O2. The smallest absolute Gasteiger partial charge is 0.319 e. The van der Waals surface area contributed by atoms with Crippen molar-refractivity contribution < 1.29 is 9.53 Å². The number of urea groups is 1. The van der Waals surface area contributed by atoms with Gasteiger partial charge < -0.3 is 20.7 Å². The van der Waals surface area contributed by atoms with E-state index >= 15 is 0 Å². The van der Waals surface area contributed by atoms with Gasteiger partial charge in [0.25, 0.3) is 0 Å². The summed E-state index contributed by atoms with van der Waals surface area (Å²) in [6, 6.07) is 4.66. The van der Waals surface area contributed by atoms with Gasteiger partial charge in [-0.3, -0.25) is 0 Å². The minimum absolute atomic E-state index is 0.0106. The van der Waals surface area contributed by atoms with E-state index in [4.69, 9.17) is 27.9 Å². The van der Waals surface area contributed by atoms with Crippen molar-refractivity contribution in [2.24, 2.45) is 5.41 Å². The zero-order valence-electron chi connectivity index (χ0n) is 12.5. The van der Waals surface area contributed by atoms with Gasteiger partial charge in [-0.1, -0.05) is 23.2 Å². The van der Waals surface area contributed by atoms with Crippen LogP contribution in [0.15, 0.2) is 18.2 Å². The summed E-state index contributed by atoms with van der Waals surface area (Å²) in [5, 5.41) is 9.96. The Morgan fingerprint density at radius 2 is 1.91 bits per heavy atom. The SMILES string of the molecule is COCC1(CNC(=O)Nc2cc(Cl)cc(Cl)c2)CCNCC1. The quantitative estimate of drug-likeness (QED) is 0.768. The van der Waals surface area contributed by atoms with Crippen molar-refractivity contribution in [2.45, 2.75) is 12.8 Å². The second-order valence-corrected chi connectivity index (χ2v) is 6.52. The predicted octanol–water partition coefficient (Wildman–Crippen LogP) is 3.13. The molecule has 0 atom stereocenters. The average molecular weight is 346 g/mol. The molecule has 1 aromatic carbocycles. The van der Waals surface area contributed by atoms with E-state index in [1.54, 1.807) is 25.3 Å². The number of carbonyl (C=O) groups is 1. The predicted molar refractivity (Wildman–Crippen MR) is 89.9 cm³/mol. The molecule has 1 heterocycles. The number of hydrogen-bond acceptors (Lipinski definition) is 3. The van der Waals surface area contributed by atoms with Crippen LogP contribution in [-0.4, -0.2) is 39.4 Å².